The molecule has 0 heterocycles. The number of aryl methyl sites for hydroxylation is 1. The van der Waals surface area contributed by atoms with Gasteiger partial charge in [0.05, 0.1) is 11.5 Å². The van der Waals surface area contributed by atoms with Gasteiger partial charge in [0.2, 0.25) is 5.91 Å². The van der Waals surface area contributed by atoms with Crippen molar-refractivity contribution in [1.82, 2.24) is 0 Å². The van der Waals surface area contributed by atoms with Crippen LogP contribution in [0, 0.1) is 12.8 Å². The summed E-state index contributed by atoms with van der Waals surface area (Å²) < 4.78 is 0. The van der Waals surface area contributed by atoms with E-state index in [1.165, 1.54) is 12.1 Å². The molecule has 0 aliphatic rings. The van der Waals surface area contributed by atoms with Crippen LogP contribution in [0.15, 0.2) is 18.2 Å². The molecule has 0 aliphatic carbocycles. The molecule has 0 saturated carbocycles. The van der Waals surface area contributed by atoms with Crippen molar-refractivity contribution < 1.29 is 14.7 Å². The Kier molecular flexibility index (Phi) is 5.51. The summed E-state index contributed by atoms with van der Waals surface area (Å²) in [7, 11) is 0. The van der Waals surface area contributed by atoms with E-state index < -0.39 is 5.97 Å². The number of rotatable bonds is 6. The summed E-state index contributed by atoms with van der Waals surface area (Å²) in [5, 5.41) is 11.7. The van der Waals surface area contributed by atoms with Gasteiger partial charge in [0.15, 0.2) is 0 Å². The van der Waals surface area contributed by atoms with E-state index in [2.05, 4.69) is 5.32 Å². The lowest BCUT2D eigenvalue weighted by molar-refractivity contribution is -0.119. The number of aromatic carboxylic acids is 1. The van der Waals surface area contributed by atoms with Gasteiger partial charge in [-0.3, -0.25) is 4.79 Å². The molecule has 0 radical (unpaired) electrons. The Labute approximate surface area is 112 Å². The van der Waals surface area contributed by atoms with Crippen LogP contribution < -0.4 is 11.1 Å². The molecule has 0 aromatic heterocycles. The highest BCUT2D eigenvalue weighted by atomic mass is 16.4. The molecule has 1 aromatic rings. The third-order valence-corrected chi connectivity index (χ3v) is 3.02. The van der Waals surface area contributed by atoms with Crippen molar-refractivity contribution in [2.75, 3.05) is 11.9 Å². The molecule has 19 heavy (non-hydrogen) atoms. The summed E-state index contributed by atoms with van der Waals surface area (Å²) in [4.78, 5) is 22.8. The number of benzene rings is 1. The SMILES string of the molecule is CCCC(CN)C(=O)Nc1ccc(C(=O)O)cc1C. The molecule has 5 nitrogen and oxygen atoms in total. The highest BCUT2D eigenvalue weighted by Gasteiger charge is 2.16. The van der Waals surface area contributed by atoms with Crippen molar-refractivity contribution in [2.45, 2.75) is 26.7 Å². The minimum Gasteiger partial charge on any atom is -0.478 e. The van der Waals surface area contributed by atoms with Gasteiger partial charge in [-0.25, -0.2) is 4.79 Å². The van der Waals surface area contributed by atoms with E-state index in [0.717, 1.165) is 18.4 Å². The van der Waals surface area contributed by atoms with Crippen LogP contribution in [0.3, 0.4) is 0 Å². The van der Waals surface area contributed by atoms with E-state index in [-0.39, 0.29) is 17.4 Å². The number of nitrogens with two attached hydrogens (primary N) is 1. The summed E-state index contributed by atoms with van der Waals surface area (Å²) in [5.74, 6) is -1.30. The molecule has 1 unspecified atom stereocenters. The monoisotopic (exact) mass is 264 g/mol. The Balaban J connectivity index is 2.82. The quantitative estimate of drug-likeness (QED) is 0.732. The normalized spacial score (nSPS) is 11.9. The third-order valence-electron chi connectivity index (χ3n) is 3.02. The number of hydrogen-bond donors (Lipinski definition) is 3. The molecule has 0 spiro atoms. The number of carboxylic acid groups (broad SMARTS) is 1. The maximum atomic E-state index is 12.0. The minimum absolute atomic E-state index is 0.115. The number of carbonyl (C=O) groups excluding carboxylic acids is 1. The standard InChI is InChI=1S/C14H20N2O3/c1-3-4-11(8-15)13(17)16-12-6-5-10(14(18)19)7-9(12)2/h5-7,11H,3-4,8,15H2,1-2H3,(H,16,17)(H,18,19). The Morgan fingerprint density at radius 1 is 1.42 bits per heavy atom. The second kappa shape index (κ2) is 6.89. The lowest BCUT2D eigenvalue weighted by atomic mass is 10.0. The Morgan fingerprint density at radius 2 is 2.11 bits per heavy atom. The van der Waals surface area contributed by atoms with Crippen molar-refractivity contribution in [2.24, 2.45) is 11.7 Å². The predicted octanol–water partition coefficient (Wildman–Crippen LogP) is 2.01. The molecular formula is C14H20N2O3. The fourth-order valence-corrected chi connectivity index (χ4v) is 1.88. The van der Waals surface area contributed by atoms with Crippen molar-refractivity contribution in [3.05, 3.63) is 29.3 Å². The summed E-state index contributed by atoms with van der Waals surface area (Å²) in [6, 6.07) is 4.62. The molecule has 1 aromatic carbocycles. The maximum Gasteiger partial charge on any atom is 0.335 e. The lowest BCUT2D eigenvalue weighted by Crippen LogP contribution is -2.29. The Hall–Kier alpha value is -1.88. The van der Waals surface area contributed by atoms with Crippen LogP contribution in [-0.4, -0.2) is 23.5 Å². The third kappa shape index (κ3) is 4.06. The molecule has 1 rings (SSSR count). The van der Waals surface area contributed by atoms with Gasteiger partial charge >= 0.3 is 5.97 Å². The second-order valence-corrected chi connectivity index (χ2v) is 4.55. The van der Waals surface area contributed by atoms with Gasteiger partial charge in [-0.05, 0) is 37.1 Å². The molecule has 0 fully saturated rings. The van der Waals surface area contributed by atoms with Crippen molar-refractivity contribution in [1.29, 1.82) is 0 Å². The summed E-state index contributed by atoms with van der Waals surface area (Å²) in [6.45, 7) is 4.08. The van der Waals surface area contributed by atoms with Gasteiger partial charge in [0, 0.05) is 12.2 Å². The average Bonchev–Trinajstić information content (AvgIpc) is 2.37. The molecule has 0 aliphatic heterocycles. The fourth-order valence-electron chi connectivity index (χ4n) is 1.88. The van der Waals surface area contributed by atoms with Gasteiger partial charge in [-0.15, -0.1) is 0 Å². The van der Waals surface area contributed by atoms with Crippen LogP contribution in [0.4, 0.5) is 5.69 Å². The Morgan fingerprint density at radius 3 is 2.58 bits per heavy atom. The number of amides is 1. The van der Waals surface area contributed by atoms with Gasteiger partial charge in [-0.2, -0.15) is 0 Å². The smallest absolute Gasteiger partial charge is 0.335 e. The van der Waals surface area contributed by atoms with E-state index in [1.54, 1.807) is 13.0 Å². The zero-order chi connectivity index (χ0) is 14.4. The van der Waals surface area contributed by atoms with Crippen molar-refractivity contribution in [3.8, 4) is 0 Å². The molecule has 4 N–H and O–H groups in total. The highest BCUT2D eigenvalue weighted by Crippen LogP contribution is 2.18. The molecule has 0 saturated heterocycles. The summed E-state index contributed by atoms with van der Waals surface area (Å²) in [6.07, 6.45) is 1.64. The number of carboxylic acids is 1. The topological polar surface area (TPSA) is 92.4 Å². The molecule has 0 bridgehead atoms. The minimum atomic E-state index is -0.980. The Bertz CT molecular complexity index is 472. The van der Waals surface area contributed by atoms with E-state index >= 15 is 0 Å². The van der Waals surface area contributed by atoms with Crippen LogP contribution >= 0.6 is 0 Å². The molecule has 104 valence electrons. The fraction of sp³-hybridized carbons (Fsp3) is 0.429. The van der Waals surface area contributed by atoms with Crippen molar-refractivity contribution in [3.63, 3.8) is 0 Å². The zero-order valence-electron chi connectivity index (χ0n) is 11.3. The average molecular weight is 264 g/mol. The lowest BCUT2D eigenvalue weighted by Gasteiger charge is -2.15. The van der Waals surface area contributed by atoms with Gasteiger partial charge in [0.1, 0.15) is 0 Å². The zero-order valence-corrected chi connectivity index (χ0v) is 11.3. The largest absolute Gasteiger partial charge is 0.478 e. The van der Waals surface area contributed by atoms with Crippen molar-refractivity contribution >= 4 is 17.6 Å². The number of anilines is 1. The van der Waals surface area contributed by atoms with E-state index in [9.17, 15) is 9.59 Å². The van der Waals surface area contributed by atoms with E-state index in [4.69, 9.17) is 10.8 Å². The first-order chi connectivity index (χ1) is 8.99. The second-order valence-electron chi connectivity index (χ2n) is 4.55. The number of hydrogen-bond acceptors (Lipinski definition) is 3. The van der Waals surface area contributed by atoms with Crippen LogP contribution in [0.5, 0.6) is 0 Å². The van der Waals surface area contributed by atoms with Crippen LogP contribution in [0.2, 0.25) is 0 Å². The molecule has 1 atom stereocenters. The first kappa shape index (κ1) is 15.2. The maximum absolute atomic E-state index is 12.0. The van der Waals surface area contributed by atoms with Crippen LogP contribution in [0.1, 0.15) is 35.7 Å². The first-order valence-corrected chi connectivity index (χ1v) is 6.34. The molecular weight excluding hydrogens is 244 g/mol. The van der Waals surface area contributed by atoms with Crippen LogP contribution in [-0.2, 0) is 4.79 Å². The van der Waals surface area contributed by atoms with Gasteiger partial charge in [0.25, 0.3) is 0 Å². The first-order valence-electron chi connectivity index (χ1n) is 6.34. The predicted molar refractivity (Wildman–Crippen MR) is 74.2 cm³/mol. The van der Waals surface area contributed by atoms with Gasteiger partial charge < -0.3 is 16.2 Å². The van der Waals surface area contributed by atoms with Crippen LogP contribution in [0.25, 0.3) is 0 Å². The van der Waals surface area contributed by atoms with E-state index in [1.807, 2.05) is 6.92 Å². The molecule has 1 amide bonds. The van der Waals surface area contributed by atoms with Gasteiger partial charge in [-0.1, -0.05) is 13.3 Å². The number of nitrogens with one attached hydrogen (secondary N) is 1. The molecule has 5 heteroatoms. The number of carbonyl (C=O) groups is 2. The summed E-state index contributed by atoms with van der Waals surface area (Å²) in [5.41, 5.74) is 7.14. The summed E-state index contributed by atoms with van der Waals surface area (Å²) >= 11 is 0. The highest BCUT2D eigenvalue weighted by molar-refractivity contribution is 5.94. The van der Waals surface area contributed by atoms with E-state index in [0.29, 0.717) is 12.2 Å².